The summed E-state index contributed by atoms with van der Waals surface area (Å²) >= 11 is 0. The Bertz CT molecular complexity index is 313. The molecule has 1 heterocycles. The molecule has 4 nitrogen and oxygen atoms in total. The average Bonchev–Trinajstić information content (AvgIpc) is 1.98. The van der Waals surface area contributed by atoms with Crippen molar-refractivity contribution in [3.8, 4) is 0 Å². The first kappa shape index (κ1) is 9.24. The first-order chi connectivity index (χ1) is 6.66. The van der Waals surface area contributed by atoms with Crippen molar-refractivity contribution in [1.29, 1.82) is 0 Å². The molecule has 2 N–H and O–H groups in total. The van der Waals surface area contributed by atoms with Crippen LogP contribution >= 0.6 is 0 Å². The highest BCUT2D eigenvalue weighted by molar-refractivity contribution is 5.43. The highest BCUT2D eigenvalue weighted by Crippen LogP contribution is 2.27. The molecule has 1 saturated carbocycles. The molecule has 4 heteroatoms. The smallest absolute Gasteiger partial charge is 0.222 e. The summed E-state index contributed by atoms with van der Waals surface area (Å²) in [5, 5.41) is 0. The second kappa shape index (κ2) is 3.44. The summed E-state index contributed by atoms with van der Waals surface area (Å²) in [5.41, 5.74) is 6.54. The quantitative estimate of drug-likeness (QED) is 0.768. The fraction of sp³-hybridized carbons (Fsp3) is 0.600. The van der Waals surface area contributed by atoms with Gasteiger partial charge in [0.2, 0.25) is 5.95 Å². The SMILES string of the molecule is Cc1cc(N(C)C2CCC2)nc(N)n1. The van der Waals surface area contributed by atoms with E-state index in [1.165, 1.54) is 19.3 Å². The summed E-state index contributed by atoms with van der Waals surface area (Å²) in [5.74, 6) is 1.31. The topological polar surface area (TPSA) is 55.0 Å². The van der Waals surface area contributed by atoms with Gasteiger partial charge in [-0.25, -0.2) is 4.98 Å². The number of aryl methyl sites for hydroxylation is 1. The third-order valence-electron chi connectivity index (χ3n) is 2.84. The number of hydrogen-bond donors (Lipinski definition) is 1. The van der Waals surface area contributed by atoms with Crippen molar-refractivity contribution in [2.24, 2.45) is 0 Å². The van der Waals surface area contributed by atoms with E-state index in [1.807, 2.05) is 13.0 Å². The van der Waals surface area contributed by atoms with Crippen molar-refractivity contribution >= 4 is 11.8 Å². The van der Waals surface area contributed by atoms with Crippen LogP contribution in [0.3, 0.4) is 0 Å². The predicted octanol–water partition coefficient (Wildman–Crippen LogP) is 1.36. The average molecular weight is 192 g/mol. The minimum absolute atomic E-state index is 0.367. The van der Waals surface area contributed by atoms with Gasteiger partial charge in [0, 0.05) is 24.8 Å². The Morgan fingerprint density at radius 1 is 1.43 bits per heavy atom. The van der Waals surface area contributed by atoms with Crippen LogP contribution in [0.5, 0.6) is 0 Å². The Kier molecular flexibility index (Phi) is 2.27. The van der Waals surface area contributed by atoms with E-state index in [4.69, 9.17) is 5.73 Å². The molecular weight excluding hydrogens is 176 g/mol. The van der Waals surface area contributed by atoms with Crippen LogP contribution in [-0.4, -0.2) is 23.1 Å². The molecular formula is C10H16N4. The molecule has 0 atom stereocenters. The summed E-state index contributed by atoms with van der Waals surface area (Å²) < 4.78 is 0. The zero-order valence-corrected chi connectivity index (χ0v) is 8.70. The molecule has 0 aromatic carbocycles. The first-order valence-electron chi connectivity index (χ1n) is 5.01. The van der Waals surface area contributed by atoms with E-state index in [0.29, 0.717) is 12.0 Å². The fourth-order valence-corrected chi connectivity index (χ4v) is 1.72. The Hall–Kier alpha value is -1.32. The Morgan fingerprint density at radius 2 is 2.14 bits per heavy atom. The van der Waals surface area contributed by atoms with E-state index in [-0.39, 0.29) is 0 Å². The van der Waals surface area contributed by atoms with E-state index in [0.717, 1.165) is 11.5 Å². The van der Waals surface area contributed by atoms with Gasteiger partial charge in [-0.1, -0.05) is 0 Å². The van der Waals surface area contributed by atoms with Gasteiger partial charge in [0.15, 0.2) is 0 Å². The monoisotopic (exact) mass is 192 g/mol. The number of nitrogens with two attached hydrogens (primary N) is 1. The minimum atomic E-state index is 0.367. The van der Waals surface area contributed by atoms with Crippen LogP contribution in [0, 0.1) is 6.92 Å². The van der Waals surface area contributed by atoms with Crippen LogP contribution in [0.1, 0.15) is 25.0 Å². The second-order valence-corrected chi connectivity index (χ2v) is 3.92. The zero-order chi connectivity index (χ0) is 10.1. The van der Waals surface area contributed by atoms with Crippen LogP contribution in [0.4, 0.5) is 11.8 Å². The zero-order valence-electron chi connectivity index (χ0n) is 8.70. The van der Waals surface area contributed by atoms with Crippen LogP contribution in [0.25, 0.3) is 0 Å². The molecule has 1 aliphatic carbocycles. The lowest BCUT2D eigenvalue weighted by atomic mass is 9.92. The molecule has 0 radical (unpaired) electrons. The lowest BCUT2D eigenvalue weighted by Crippen LogP contribution is -2.37. The van der Waals surface area contributed by atoms with E-state index < -0.39 is 0 Å². The van der Waals surface area contributed by atoms with Gasteiger partial charge in [-0.2, -0.15) is 4.98 Å². The maximum absolute atomic E-state index is 5.61. The van der Waals surface area contributed by atoms with Gasteiger partial charge in [-0.15, -0.1) is 0 Å². The summed E-state index contributed by atoms with van der Waals surface area (Å²) in [6.45, 7) is 1.94. The number of nitrogens with zero attached hydrogens (tertiary/aromatic N) is 3. The van der Waals surface area contributed by atoms with Gasteiger partial charge < -0.3 is 10.6 Å². The molecule has 1 fully saturated rings. The molecule has 1 aromatic rings. The van der Waals surface area contributed by atoms with Gasteiger partial charge in [-0.05, 0) is 26.2 Å². The molecule has 0 aliphatic heterocycles. The third-order valence-corrected chi connectivity index (χ3v) is 2.84. The minimum Gasteiger partial charge on any atom is -0.368 e. The van der Waals surface area contributed by atoms with E-state index in [2.05, 4.69) is 21.9 Å². The summed E-state index contributed by atoms with van der Waals surface area (Å²) in [7, 11) is 2.07. The first-order valence-corrected chi connectivity index (χ1v) is 5.01. The van der Waals surface area contributed by atoms with Crippen molar-refractivity contribution in [2.75, 3.05) is 17.7 Å². The van der Waals surface area contributed by atoms with Crippen LogP contribution < -0.4 is 10.6 Å². The number of rotatable bonds is 2. The predicted molar refractivity (Wildman–Crippen MR) is 57.2 cm³/mol. The number of hydrogen-bond acceptors (Lipinski definition) is 4. The van der Waals surface area contributed by atoms with Crippen molar-refractivity contribution in [3.63, 3.8) is 0 Å². The van der Waals surface area contributed by atoms with E-state index >= 15 is 0 Å². The van der Waals surface area contributed by atoms with Crippen molar-refractivity contribution in [1.82, 2.24) is 9.97 Å². The van der Waals surface area contributed by atoms with Gasteiger partial charge in [0.25, 0.3) is 0 Å². The molecule has 2 rings (SSSR count). The number of nitrogen functional groups attached to an aromatic ring is 1. The van der Waals surface area contributed by atoms with Crippen molar-refractivity contribution in [3.05, 3.63) is 11.8 Å². The second-order valence-electron chi connectivity index (χ2n) is 3.92. The van der Waals surface area contributed by atoms with Crippen molar-refractivity contribution in [2.45, 2.75) is 32.2 Å². The molecule has 14 heavy (non-hydrogen) atoms. The maximum atomic E-state index is 5.61. The molecule has 0 bridgehead atoms. The van der Waals surface area contributed by atoms with Gasteiger partial charge in [-0.3, -0.25) is 0 Å². The highest BCUT2D eigenvalue weighted by atomic mass is 15.2. The Morgan fingerprint density at radius 3 is 2.64 bits per heavy atom. The maximum Gasteiger partial charge on any atom is 0.222 e. The highest BCUT2D eigenvalue weighted by Gasteiger charge is 2.23. The molecule has 1 aliphatic rings. The molecule has 0 unspecified atom stereocenters. The van der Waals surface area contributed by atoms with Crippen LogP contribution in [0.2, 0.25) is 0 Å². The molecule has 0 amide bonds. The van der Waals surface area contributed by atoms with Gasteiger partial charge in [0.05, 0.1) is 0 Å². The van der Waals surface area contributed by atoms with Crippen LogP contribution in [0.15, 0.2) is 6.07 Å². The Balaban J connectivity index is 2.21. The van der Waals surface area contributed by atoms with E-state index in [1.54, 1.807) is 0 Å². The normalized spacial score (nSPS) is 16.4. The lowest BCUT2D eigenvalue weighted by molar-refractivity contribution is 0.399. The largest absolute Gasteiger partial charge is 0.368 e. The standard InChI is InChI=1S/C10H16N4/c1-7-6-9(13-10(11)12-7)14(2)8-4-3-5-8/h6,8H,3-5H2,1-2H3,(H2,11,12,13). The summed E-state index contributed by atoms with van der Waals surface area (Å²) in [4.78, 5) is 10.5. The summed E-state index contributed by atoms with van der Waals surface area (Å²) in [6, 6.07) is 2.62. The molecule has 1 aromatic heterocycles. The van der Waals surface area contributed by atoms with E-state index in [9.17, 15) is 0 Å². The fourth-order valence-electron chi connectivity index (χ4n) is 1.72. The third kappa shape index (κ3) is 1.64. The van der Waals surface area contributed by atoms with Gasteiger partial charge in [0.1, 0.15) is 5.82 Å². The lowest BCUT2D eigenvalue weighted by Gasteiger charge is -2.35. The number of anilines is 2. The van der Waals surface area contributed by atoms with Gasteiger partial charge >= 0.3 is 0 Å². The molecule has 0 spiro atoms. The molecule has 0 saturated heterocycles. The van der Waals surface area contributed by atoms with Crippen LogP contribution in [-0.2, 0) is 0 Å². The Labute approximate surface area is 84.2 Å². The van der Waals surface area contributed by atoms with Crippen molar-refractivity contribution < 1.29 is 0 Å². The number of aromatic nitrogens is 2. The molecule has 76 valence electrons. The summed E-state index contributed by atoms with van der Waals surface area (Å²) in [6.07, 6.45) is 3.85.